The summed E-state index contributed by atoms with van der Waals surface area (Å²) in [5, 5.41) is 12.2. The maximum Gasteiger partial charge on any atom is 0.303 e. The second kappa shape index (κ2) is 11.4. The number of ether oxygens (including phenoxy) is 1. The monoisotopic (exact) mass is 504 g/mol. The van der Waals surface area contributed by atoms with Gasteiger partial charge in [-0.25, -0.2) is 9.97 Å². The average Bonchev–Trinajstić information content (AvgIpc) is 3.41. The molecule has 4 heterocycles. The van der Waals surface area contributed by atoms with Crippen molar-refractivity contribution in [3.63, 3.8) is 0 Å². The number of morpholine rings is 1. The van der Waals surface area contributed by atoms with E-state index in [4.69, 9.17) is 14.8 Å². The second-order valence-corrected chi connectivity index (χ2v) is 9.34. The molecule has 1 amide bonds. The van der Waals surface area contributed by atoms with E-state index in [-0.39, 0.29) is 12.3 Å². The van der Waals surface area contributed by atoms with Crippen LogP contribution in [-0.4, -0.2) is 75.6 Å². The van der Waals surface area contributed by atoms with Gasteiger partial charge in [-0.3, -0.25) is 9.59 Å². The van der Waals surface area contributed by atoms with Crippen LogP contribution >= 0.6 is 0 Å². The number of carboxylic acid groups (broad SMARTS) is 1. The first-order valence-electron chi connectivity index (χ1n) is 12.8. The number of aliphatic carboxylic acids is 1. The van der Waals surface area contributed by atoms with Gasteiger partial charge in [-0.1, -0.05) is 6.08 Å². The molecule has 2 aliphatic rings. The van der Waals surface area contributed by atoms with Gasteiger partial charge in [0.25, 0.3) is 0 Å². The number of unbranched alkanes of at least 4 members (excludes halogenated alkanes) is 1. The highest BCUT2D eigenvalue weighted by Crippen LogP contribution is 2.27. The molecule has 0 unspecified atom stereocenters. The molecular weight excluding hydrogens is 472 g/mol. The summed E-state index contributed by atoms with van der Waals surface area (Å²) < 4.78 is 7.40. The normalized spacial score (nSPS) is 16.1. The molecule has 10 nitrogen and oxygen atoms in total. The van der Waals surface area contributed by atoms with Gasteiger partial charge < -0.3 is 29.4 Å². The number of imidazole rings is 1. The topological polar surface area (TPSA) is 112 Å². The Morgan fingerprint density at radius 3 is 2.62 bits per heavy atom. The molecule has 37 heavy (non-hydrogen) atoms. The smallest absolute Gasteiger partial charge is 0.303 e. The molecule has 1 aromatic carbocycles. The Morgan fingerprint density at radius 1 is 1.05 bits per heavy atom. The Labute approximate surface area is 215 Å². The number of hydrogen-bond acceptors (Lipinski definition) is 7. The van der Waals surface area contributed by atoms with Crippen molar-refractivity contribution in [1.82, 2.24) is 19.3 Å². The van der Waals surface area contributed by atoms with E-state index in [1.807, 2.05) is 33.8 Å². The SMILES string of the molecule is O=C(O)CCCCC(=O)N1CCC=C(c2cn3ccnc3c(Nc3ccc(N4CCOCC4)cc3)n2)C1. The van der Waals surface area contributed by atoms with Crippen LogP contribution in [0.15, 0.2) is 48.9 Å². The maximum absolute atomic E-state index is 12.7. The van der Waals surface area contributed by atoms with Crippen LogP contribution in [0, 0.1) is 0 Å². The van der Waals surface area contributed by atoms with Gasteiger partial charge in [0.1, 0.15) is 0 Å². The van der Waals surface area contributed by atoms with Crippen molar-refractivity contribution in [3.05, 3.63) is 54.6 Å². The van der Waals surface area contributed by atoms with Gasteiger partial charge in [-0.2, -0.15) is 0 Å². The molecule has 0 bridgehead atoms. The van der Waals surface area contributed by atoms with Crippen LogP contribution in [0.5, 0.6) is 0 Å². The molecular formula is C27H32N6O4. The van der Waals surface area contributed by atoms with Crippen molar-refractivity contribution >= 4 is 40.3 Å². The van der Waals surface area contributed by atoms with Crippen molar-refractivity contribution < 1.29 is 19.4 Å². The predicted octanol–water partition coefficient (Wildman–Crippen LogP) is 3.57. The van der Waals surface area contributed by atoms with E-state index in [9.17, 15) is 9.59 Å². The predicted molar refractivity (Wildman–Crippen MR) is 141 cm³/mol. The van der Waals surface area contributed by atoms with E-state index in [0.717, 1.165) is 55.3 Å². The molecule has 0 spiro atoms. The zero-order valence-corrected chi connectivity index (χ0v) is 20.8. The Kier molecular flexibility index (Phi) is 7.65. The van der Waals surface area contributed by atoms with Crippen molar-refractivity contribution in [3.8, 4) is 0 Å². The molecule has 10 heteroatoms. The summed E-state index contributed by atoms with van der Waals surface area (Å²) in [7, 11) is 0. The molecule has 2 N–H and O–H groups in total. The zero-order valence-electron chi connectivity index (χ0n) is 20.8. The number of anilines is 3. The summed E-state index contributed by atoms with van der Waals surface area (Å²) in [5.74, 6) is -0.118. The minimum atomic E-state index is -0.825. The summed E-state index contributed by atoms with van der Waals surface area (Å²) >= 11 is 0. The third kappa shape index (κ3) is 6.08. The number of rotatable bonds is 9. The van der Waals surface area contributed by atoms with Gasteiger partial charge >= 0.3 is 5.97 Å². The Hall–Kier alpha value is -3.92. The largest absolute Gasteiger partial charge is 0.481 e. The lowest BCUT2D eigenvalue weighted by Crippen LogP contribution is -2.36. The summed E-state index contributed by atoms with van der Waals surface area (Å²) in [6.07, 6.45) is 10.0. The number of carboxylic acids is 1. The first-order valence-corrected chi connectivity index (χ1v) is 12.8. The molecule has 5 rings (SSSR count). The number of fused-ring (bicyclic) bond motifs is 1. The van der Waals surface area contributed by atoms with Crippen LogP contribution in [-0.2, 0) is 14.3 Å². The third-order valence-corrected chi connectivity index (χ3v) is 6.74. The van der Waals surface area contributed by atoms with Crippen molar-refractivity contribution in [1.29, 1.82) is 0 Å². The van der Waals surface area contributed by atoms with Gasteiger partial charge in [-0.05, 0) is 49.1 Å². The van der Waals surface area contributed by atoms with E-state index >= 15 is 0 Å². The summed E-state index contributed by atoms with van der Waals surface area (Å²) in [5.41, 5.74) is 4.60. The van der Waals surface area contributed by atoms with Crippen LogP contribution in [0.4, 0.5) is 17.2 Å². The average molecular weight is 505 g/mol. The number of carbonyl (C=O) groups excluding carboxylic acids is 1. The van der Waals surface area contributed by atoms with Crippen molar-refractivity contribution in [2.45, 2.75) is 32.1 Å². The number of hydrogen-bond donors (Lipinski definition) is 2. The number of amides is 1. The molecule has 2 aromatic heterocycles. The first-order chi connectivity index (χ1) is 18.1. The van der Waals surface area contributed by atoms with Crippen LogP contribution in [0.25, 0.3) is 11.2 Å². The molecule has 0 aliphatic carbocycles. The minimum absolute atomic E-state index is 0.0541. The third-order valence-electron chi connectivity index (χ3n) is 6.74. The molecule has 0 atom stereocenters. The summed E-state index contributed by atoms with van der Waals surface area (Å²) in [6, 6.07) is 8.29. The molecule has 3 aromatic rings. The number of carbonyl (C=O) groups is 2. The van der Waals surface area contributed by atoms with E-state index in [1.54, 1.807) is 6.20 Å². The Balaban J connectivity index is 1.29. The second-order valence-electron chi connectivity index (χ2n) is 9.34. The molecule has 1 saturated heterocycles. The first kappa shape index (κ1) is 24.8. The summed E-state index contributed by atoms with van der Waals surface area (Å²) in [4.78, 5) is 37.0. The van der Waals surface area contributed by atoms with E-state index in [2.05, 4.69) is 33.4 Å². The lowest BCUT2D eigenvalue weighted by Gasteiger charge is -2.29. The number of benzene rings is 1. The van der Waals surface area contributed by atoms with Crippen molar-refractivity contribution in [2.24, 2.45) is 0 Å². The van der Waals surface area contributed by atoms with Gasteiger partial charge in [0.15, 0.2) is 11.5 Å². The fraction of sp³-hybridized carbons (Fsp3) is 0.407. The zero-order chi connectivity index (χ0) is 25.6. The fourth-order valence-corrected chi connectivity index (χ4v) is 4.74. The highest BCUT2D eigenvalue weighted by Gasteiger charge is 2.21. The van der Waals surface area contributed by atoms with Crippen LogP contribution < -0.4 is 10.2 Å². The molecule has 1 fully saturated rings. The molecule has 0 saturated carbocycles. The van der Waals surface area contributed by atoms with Crippen LogP contribution in [0.2, 0.25) is 0 Å². The van der Waals surface area contributed by atoms with Gasteiger partial charge in [0, 0.05) is 69.0 Å². The van der Waals surface area contributed by atoms with Crippen molar-refractivity contribution in [2.75, 3.05) is 49.6 Å². The number of nitrogens with zero attached hydrogens (tertiary/aromatic N) is 5. The van der Waals surface area contributed by atoms with Gasteiger partial charge in [0.2, 0.25) is 5.91 Å². The minimum Gasteiger partial charge on any atom is -0.481 e. The standard InChI is InChI=1S/C27H32N6O4/c34-24(5-1-2-6-25(35)36)32-12-3-4-20(18-32)23-19-33-13-11-28-27(33)26(30-23)29-21-7-9-22(10-8-21)31-14-16-37-17-15-31/h4,7-11,13,19H,1-3,5-6,12,14-18H2,(H,29,30)(H,35,36). The molecule has 2 aliphatic heterocycles. The maximum atomic E-state index is 12.7. The Morgan fingerprint density at radius 2 is 1.84 bits per heavy atom. The molecule has 194 valence electrons. The highest BCUT2D eigenvalue weighted by molar-refractivity contribution is 5.80. The number of aromatic nitrogens is 3. The lowest BCUT2D eigenvalue weighted by molar-refractivity contribution is -0.137. The lowest BCUT2D eigenvalue weighted by atomic mass is 10.1. The van der Waals surface area contributed by atoms with Gasteiger partial charge in [-0.15, -0.1) is 0 Å². The molecule has 0 radical (unpaired) electrons. The fourth-order valence-electron chi connectivity index (χ4n) is 4.74. The Bertz CT molecular complexity index is 1280. The van der Waals surface area contributed by atoms with E-state index in [1.165, 1.54) is 5.69 Å². The van der Waals surface area contributed by atoms with E-state index in [0.29, 0.717) is 38.2 Å². The number of nitrogens with one attached hydrogen (secondary N) is 1. The quantitative estimate of drug-likeness (QED) is 0.426. The van der Waals surface area contributed by atoms with Crippen LogP contribution in [0.1, 0.15) is 37.8 Å². The van der Waals surface area contributed by atoms with Gasteiger partial charge in [0.05, 0.1) is 18.9 Å². The summed E-state index contributed by atoms with van der Waals surface area (Å²) in [6.45, 7) is 4.42. The van der Waals surface area contributed by atoms with E-state index < -0.39 is 5.97 Å². The van der Waals surface area contributed by atoms with Crippen LogP contribution in [0.3, 0.4) is 0 Å². The highest BCUT2D eigenvalue weighted by atomic mass is 16.5.